The van der Waals surface area contributed by atoms with E-state index in [4.69, 9.17) is 4.52 Å². The fourth-order valence-electron chi connectivity index (χ4n) is 3.78. The average Bonchev–Trinajstić information content (AvgIpc) is 3.48. The lowest BCUT2D eigenvalue weighted by Crippen LogP contribution is -2.28. The number of aryl methyl sites for hydroxylation is 2. The molecule has 0 unspecified atom stereocenters. The molecule has 0 saturated carbocycles. The van der Waals surface area contributed by atoms with Crippen LogP contribution in [-0.4, -0.2) is 39.9 Å². The zero-order chi connectivity index (χ0) is 22.7. The number of benzene rings is 2. The maximum absolute atomic E-state index is 13.5. The van der Waals surface area contributed by atoms with Gasteiger partial charge in [0.25, 0.3) is 5.91 Å². The number of hydrogen-bond acceptors (Lipinski definition) is 5. The standard InChI is InChI=1S/C24H25FN4O3/c1-15-14-17(8-9-19(15)25)23-27-22(32-28-23)11-10-21(30)26-20-7-5-6-18(16(20)2)24(31)29-12-3-4-13-29/h5-9,14H,3-4,10-13H2,1-2H3,(H,26,30). The van der Waals surface area contributed by atoms with Gasteiger partial charge in [-0.25, -0.2) is 4.39 Å². The van der Waals surface area contributed by atoms with E-state index >= 15 is 0 Å². The second-order valence-electron chi connectivity index (χ2n) is 8.00. The molecule has 2 heterocycles. The molecule has 0 spiro atoms. The van der Waals surface area contributed by atoms with E-state index in [-0.39, 0.29) is 30.5 Å². The van der Waals surface area contributed by atoms with Crippen LogP contribution in [0.25, 0.3) is 11.4 Å². The van der Waals surface area contributed by atoms with Crippen molar-refractivity contribution in [1.82, 2.24) is 15.0 Å². The van der Waals surface area contributed by atoms with Crippen LogP contribution < -0.4 is 5.32 Å². The fourth-order valence-corrected chi connectivity index (χ4v) is 3.78. The van der Waals surface area contributed by atoms with Crippen molar-refractivity contribution in [3.8, 4) is 11.4 Å². The molecule has 2 aromatic carbocycles. The van der Waals surface area contributed by atoms with Gasteiger partial charge in [0.2, 0.25) is 17.6 Å². The van der Waals surface area contributed by atoms with Crippen LogP contribution in [0, 0.1) is 19.7 Å². The van der Waals surface area contributed by atoms with Crippen LogP contribution in [0.15, 0.2) is 40.9 Å². The molecule has 166 valence electrons. The largest absolute Gasteiger partial charge is 0.339 e. The second kappa shape index (κ2) is 9.30. The highest BCUT2D eigenvalue weighted by Gasteiger charge is 2.22. The Hall–Kier alpha value is -3.55. The minimum atomic E-state index is -0.296. The Balaban J connectivity index is 1.37. The lowest BCUT2D eigenvalue weighted by atomic mass is 10.1. The van der Waals surface area contributed by atoms with Gasteiger partial charge in [0.05, 0.1) is 0 Å². The molecule has 3 aromatic rings. The zero-order valence-corrected chi connectivity index (χ0v) is 18.2. The van der Waals surface area contributed by atoms with Crippen molar-refractivity contribution in [3.63, 3.8) is 0 Å². The van der Waals surface area contributed by atoms with Crippen molar-refractivity contribution in [3.05, 3.63) is 64.8 Å². The zero-order valence-electron chi connectivity index (χ0n) is 18.2. The highest BCUT2D eigenvalue weighted by atomic mass is 19.1. The maximum atomic E-state index is 13.5. The second-order valence-corrected chi connectivity index (χ2v) is 8.00. The molecule has 1 saturated heterocycles. The van der Waals surface area contributed by atoms with Crippen LogP contribution in [0.1, 0.15) is 46.6 Å². The summed E-state index contributed by atoms with van der Waals surface area (Å²) in [7, 11) is 0. The van der Waals surface area contributed by atoms with E-state index in [1.807, 2.05) is 11.8 Å². The molecule has 0 atom stereocenters. The molecule has 4 rings (SSSR count). The van der Waals surface area contributed by atoms with E-state index in [1.54, 1.807) is 37.3 Å². The third-order valence-corrected chi connectivity index (χ3v) is 5.68. The van der Waals surface area contributed by atoms with E-state index < -0.39 is 0 Å². The van der Waals surface area contributed by atoms with Gasteiger partial charge in [-0.3, -0.25) is 9.59 Å². The van der Waals surface area contributed by atoms with Gasteiger partial charge < -0.3 is 14.7 Å². The van der Waals surface area contributed by atoms with Crippen LogP contribution in [0.5, 0.6) is 0 Å². The normalized spacial score (nSPS) is 13.4. The van der Waals surface area contributed by atoms with Gasteiger partial charge in [-0.05, 0) is 68.1 Å². The molecule has 0 radical (unpaired) electrons. The predicted molar refractivity (Wildman–Crippen MR) is 118 cm³/mol. The molecule has 1 aliphatic heterocycles. The van der Waals surface area contributed by atoms with Gasteiger partial charge in [-0.2, -0.15) is 4.98 Å². The minimum Gasteiger partial charge on any atom is -0.339 e. The number of hydrogen-bond donors (Lipinski definition) is 1. The van der Waals surface area contributed by atoms with Crippen LogP contribution in [-0.2, 0) is 11.2 Å². The molecule has 1 aromatic heterocycles. The Bertz CT molecular complexity index is 1150. The molecule has 2 amide bonds. The summed E-state index contributed by atoms with van der Waals surface area (Å²) < 4.78 is 18.7. The third kappa shape index (κ3) is 4.69. The van der Waals surface area contributed by atoms with E-state index in [1.165, 1.54) is 6.07 Å². The summed E-state index contributed by atoms with van der Waals surface area (Å²) in [5, 5.41) is 6.80. The molecule has 1 aliphatic rings. The summed E-state index contributed by atoms with van der Waals surface area (Å²) in [5.74, 6) is 0.177. The number of amides is 2. The van der Waals surface area contributed by atoms with Crippen molar-refractivity contribution in [1.29, 1.82) is 0 Å². The Kier molecular flexibility index (Phi) is 6.30. The summed E-state index contributed by atoms with van der Waals surface area (Å²) >= 11 is 0. The Labute approximate surface area is 185 Å². The summed E-state index contributed by atoms with van der Waals surface area (Å²) in [6.07, 6.45) is 2.47. The van der Waals surface area contributed by atoms with Crippen molar-refractivity contribution in [2.45, 2.75) is 39.5 Å². The Morgan fingerprint density at radius 1 is 1.16 bits per heavy atom. The lowest BCUT2D eigenvalue weighted by molar-refractivity contribution is -0.116. The molecular weight excluding hydrogens is 411 g/mol. The van der Waals surface area contributed by atoms with Gasteiger partial charge in [0, 0.05) is 42.7 Å². The quantitative estimate of drug-likeness (QED) is 0.622. The monoisotopic (exact) mass is 436 g/mol. The maximum Gasteiger partial charge on any atom is 0.254 e. The summed E-state index contributed by atoms with van der Waals surface area (Å²) in [4.78, 5) is 31.4. The first kappa shape index (κ1) is 21.7. The van der Waals surface area contributed by atoms with E-state index in [2.05, 4.69) is 15.5 Å². The smallest absolute Gasteiger partial charge is 0.254 e. The minimum absolute atomic E-state index is 0.00511. The lowest BCUT2D eigenvalue weighted by Gasteiger charge is -2.18. The number of nitrogens with zero attached hydrogens (tertiary/aromatic N) is 3. The summed E-state index contributed by atoms with van der Waals surface area (Å²) in [6, 6.07) is 9.96. The predicted octanol–water partition coefficient (Wildman–Crippen LogP) is 4.30. The van der Waals surface area contributed by atoms with Crippen molar-refractivity contribution >= 4 is 17.5 Å². The molecule has 1 N–H and O–H groups in total. The van der Waals surface area contributed by atoms with Gasteiger partial charge in [0.15, 0.2) is 0 Å². The van der Waals surface area contributed by atoms with E-state index in [9.17, 15) is 14.0 Å². The average molecular weight is 436 g/mol. The van der Waals surface area contributed by atoms with Crippen molar-refractivity contribution in [2.75, 3.05) is 18.4 Å². The number of nitrogens with one attached hydrogen (secondary N) is 1. The van der Waals surface area contributed by atoms with Gasteiger partial charge in [-0.1, -0.05) is 11.2 Å². The number of rotatable bonds is 6. The molecule has 1 fully saturated rings. The number of anilines is 1. The van der Waals surface area contributed by atoms with E-state index in [0.717, 1.165) is 31.5 Å². The highest BCUT2D eigenvalue weighted by molar-refractivity contribution is 5.99. The Morgan fingerprint density at radius 2 is 1.94 bits per heavy atom. The molecule has 8 heteroatoms. The molecule has 0 bridgehead atoms. The number of halogens is 1. The summed E-state index contributed by atoms with van der Waals surface area (Å²) in [6.45, 7) is 5.06. The molecule has 32 heavy (non-hydrogen) atoms. The first-order valence-electron chi connectivity index (χ1n) is 10.7. The highest BCUT2D eigenvalue weighted by Crippen LogP contribution is 2.23. The van der Waals surface area contributed by atoms with Crippen molar-refractivity contribution in [2.24, 2.45) is 0 Å². The van der Waals surface area contributed by atoms with Gasteiger partial charge in [-0.15, -0.1) is 0 Å². The van der Waals surface area contributed by atoms with E-state index in [0.29, 0.717) is 34.1 Å². The number of carbonyl (C=O) groups excluding carboxylic acids is 2. The van der Waals surface area contributed by atoms with Crippen LogP contribution in [0.2, 0.25) is 0 Å². The van der Waals surface area contributed by atoms with Gasteiger partial charge >= 0.3 is 0 Å². The molecular formula is C24H25FN4O3. The number of carbonyl (C=O) groups is 2. The number of aromatic nitrogens is 2. The topological polar surface area (TPSA) is 88.3 Å². The molecule has 0 aliphatic carbocycles. The first-order valence-corrected chi connectivity index (χ1v) is 10.7. The molecule has 7 nitrogen and oxygen atoms in total. The van der Waals surface area contributed by atoms with Crippen LogP contribution in [0.4, 0.5) is 10.1 Å². The number of likely N-dealkylation sites (tertiary alicyclic amines) is 1. The van der Waals surface area contributed by atoms with Crippen LogP contribution in [0.3, 0.4) is 0 Å². The Morgan fingerprint density at radius 3 is 2.69 bits per heavy atom. The third-order valence-electron chi connectivity index (χ3n) is 5.68. The summed E-state index contributed by atoms with van der Waals surface area (Å²) in [5.41, 5.74) is 3.13. The fraction of sp³-hybridized carbons (Fsp3) is 0.333. The van der Waals surface area contributed by atoms with Crippen molar-refractivity contribution < 1.29 is 18.5 Å². The SMILES string of the molecule is Cc1cc(-c2noc(CCC(=O)Nc3cccc(C(=O)N4CCCC4)c3C)n2)ccc1F. The van der Waals surface area contributed by atoms with Gasteiger partial charge in [0.1, 0.15) is 5.82 Å². The first-order chi connectivity index (χ1) is 15.4. The van der Waals surface area contributed by atoms with Crippen LogP contribution >= 0.6 is 0 Å².